The van der Waals surface area contributed by atoms with Crippen molar-refractivity contribution in [2.24, 2.45) is 0 Å². The summed E-state index contributed by atoms with van der Waals surface area (Å²) in [5.41, 5.74) is 2.23. The Morgan fingerprint density at radius 3 is 2.60 bits per heavy atom. The summed E-state index contributed by atoms with van der Waals surface area (Å²) in [5, 5.41) is 5.16. The molecule has 0 spiro atoms. The number of nitrogens with one attached hydrogen (secondary N) is 2. The number of carbonyl (C=O) groups excluding carboxylic acids is 2. The predicted octanol–water partition coefficient (Wildman–Crippen LogP) is 1.32. The molecule has 0 aliphatic rings. The van der Waals surface area contributed by atoms with Crippen LogP contribution in [0, 0.1) is 13.8 Å². The maximum atomic E-state index is 11.5. The lowest BCUT2D eigenvalue weighted by Gasteiger charge is -2.10. The number of amides is 2. The van der Waals surface area contributed by atoms with E-state index in [0.717, 1.165) is 16.9 Å². The Hall–Kier alpha value is -2.04. The highest BCUT2D eigenvalue weighted by Gasteiger charge is 2.06. The van der Waals surface area contributed by atoms with Gasteiger partial charge >= 0.3 is 0 Å². The second-order valence-electron chi connectivity index (χ2n) is 4.53. The number of rotatable bonds is 7. The van der Waals surface area contributed by atoms with Crippen molar-refractivity contribution in [1.29, 1.82) is 0 Å². The Balaban J connectivity index is 2.28. The first-order chi connectivity index (χ1) is 9.54. The molecule has 5 nitrogen and oxygen atoms in total. The quantitative estimate of drug-likeness (QED) is 0.790. The van der Waals surface area contributed by atoms with Gasteiger partial charge < -0.3 is 15.4 Å². The van der Waals surface area contributed by atoms with E-state index in [1.807, 2.05) is 39.0 Å². The van der Waals surface area contributed by atoms with Gasteiger partial charge in [-0.05, 0) is 38.0 Å². The zero-order valence-corrected chi connectivity index (χ0v) is 12.3. The molecule has 0 saturated heterocycles. The lowest BCUT2D eigenvalue weighted by atomic mass is 10.1. The fourth-order valence-electron chi connectivity index (χ4n) is 1.66. The second-order valence-corrected chi connectivity index (χ2v) is 4.53. The van der Waals surface area contributed by atoms with Gasteiger partial charge in [0.2, 0.25) is 11.8 Å². The van der Waals surface area contributed by atoms with Crippen LogP contribution in [-0.2, 0) is 9.59 Å². The molecule has 0 aromatic heterocycles. The average Bonchev–Trinajstić information content (AvgIpc) is 2.41. The van der Waals surface area contributed by atoms with Crippen LogP contribution in [-0.4, -0.2) is 31.5 Å². The molecule has 0 fully saturated rings. The summed E-state index contributed by atoms with van der Waals surface area (Å²) in [5.74, 6) is 0.416. The maximum Gasteiger partial charge on any atom is 0.239 e. The molecule has 0 radical (unpaired) electrons. The van der Waals surface area contributed by atoms with Crippen LogP contribution in [0.2, 0.25) is 0 Å². The van der Waals surface area contributed by atoms with Crippen molar-refractivity contribution in [2.75, 3.05) is 19.7 Å². The van der Waals surface area contributed by atoms with E-state index < -0.39 is 0 Å². The first kappa shape index (κ1) is 16.0. The van der Waals surface area contributed by atoms with E-state index in [1.165, 1.54) is 0 Å². The maximum absolute atomic E-state index is 11.5. The van der Waals surface area contributed by atoms with Gasteiger partial charge in [0.1, 0.15) is 5.75 Å². The minimum Gasteiger partial charge on any atom is -0.493 e. The van der Waals surface area contributed by atoms with Gasteiger partial charge in [-0.3, -0.25) is 9.59 Å². The molecule has 0 atom stereocenters. The first-order valence-corrected chi connectivity index (χ1v) is 6.77. The standard InChI is InChI=1S/C15H22N2O3/c1-4-16-15(19)10-17-14(18)8-9-20-13-7-5-6-11(2)12(13)3/h5-7H,4,8-10H2,1-3H3,(H,16,19)(H,17,18). The van der Waals surface area contributed by atoms with E-state index in [2.05, 4.69) is 10.6 Å². The molecule has 0 saturated carbocycles. The van der Waals surface area contributed by atoms with E-state index in [-0.39, 0.29) is 24.8 Å². The van der Waals surface area contributed by atoms with Gasteiger partial charge in [-0.2, -0.15) is 0 Å². The molecule has 1 rings (SSSR count). The third kappa shape index (κ3) is 5.30. The Labute approximate surface area is 119 Å². The van der Waals surface area contributed by atoms with Gasteiger partial charge in [-0.1, -0.05) is 12.1 Å². The van der Waals surface area contributed by atoms with E-state index in [4.69, 9.17) is 4.74 Å². The van der Waals surface area contributed by atoms with Gasteiger partial charge in [-0.25, -0.2) is 0 Å². The highest BCUT2D eigenvalue weighted by atomic mass is 16.5. The van der Waals surface area contributed by atoms with Crippen LogP contribution in [0.5, 0.6) is 5.75 Å². The lowest BCUT2D eigenvalue weighted by Crippen LogP contribution is -2.37. The summed E-state index contributed by atoms with van der Waals surface area (Å²) >= 11 is 0. The fourth-order valence-corrected chi connectivity index (χ4v) is 1.66. The number of likely N-dealkylation sites (N-methyl/N-ethyl adjacent to an activating group) is 1. The van der Waals surface area contributed by atoms with Gasteiger partial charge in [0, 0.05) is 6.54 Å². The van der Waals surface area contributed by atoms with Crippen molar-refractivity contribution in [1.82, 2.24) is 10.6 Å². The average molecular weight is 278 g/mol. The Bertz CT molecular complexity index is 472. The van der Waals surface area contributed by atoms with Crippen molar-refractivity contribution in [3.05, 3.63) is 29.3 Å². The summed E-state index contributed by atoms with van der Waals surface area (Å²) in [6.45, 7) is 6.70. The zero-order chi connectivity index (χ0) is 15.0. The SMILES string of the molecule is CCNC(=O)CNC(=O)CCOc1cccc(C)c1C. The fraction of sp³-hybridized carbons (Fsp3) is 0.467. The summed E-state index contributed by atoms with van der Waals surface area (Å²) in [6, 6.07) is 5.82. The van der Waals surface area contributed by atoms with E-state index in [1.54, 1.807) is 0 Å². The molecule has 0 bridgehead atoms. The topological polar surface area (TPSA) is 67.4 Å². The van der Waals surface area contributed by atoms with Gasteiger partial charge in [0.25, 0.3) is 0 Å². The molecule has 1 aromatic rings. The highest BCUT2D eigenvalue weighted by molar-refractivity contribution is 5.84. The van der Waals surface area contributed by atoms with Crippen LogP contribution in [0.4, 0.5) is 0 Å². The molecular formula is C15H22N2O3. The number of aryl methyl sites for hydroxylation is 1. The molecule has 0 heterocycles. The van der Waals surface area contributed by atoms with Gasteiger partial charge in [0.05, 0.1) is 19.6 Å². The number of hydrogen-bond donors (Lipinski definition) is 2. The molecule has 0 unspecified atom stereocenters. The Morgan fingerprint density at radius 1 is 1.15 bits per heavy atom. The second kappa shape index (κ2) is 8.19. The largest absolute Gasteiger partial charge is 0.493 e. The molecule has 0 aliphatic heterocycles. The molecule has 2 amide bonds. The number of ether oxygens (including phenoxy) is 1. The van der Waals surface area contributed by atoms with E-state index >= 15 is 0 Å². The smallest absolute Gasteiger partial charge is 0.239 e. The summed E-state index contributed by atoms with van der Waals surface area (Å²) in [4.78, 5) is 22.7. The van der Waals surface area contributed by atoms with E-state index in [9.17, 15) is 9.59 Å². The highest BCUT2D eigenvalue weighted by Crippen LogP contribution is 2.20. The number of benzene rings is 1. The summed E-state index contributed by atoms with van der Waals surface area (Å²) in [6.07, 6.45) is 0.229. The number of hydrogen-bond acceptors (Lipinski definition) is 3. The van der Waals surface area contributed by atoms with Crippen LogP contribution in [0.3, 0.4) is 0 Å². The minimum atomic E-state index is -0.193. The van der Waals surface area contributed by atoms with Crippen LogP contribution < -0.4 is 15.4 Å². The van der Waals surface area contributed by atoms with E-state index in [0.29, 0.717) is 13.2 Å². The molecule has 20 heavy (non-hydrogen) atoms. The molecule has 0 aliphatic carbocycles. The molecule has 5 heteroatoms. The third-order valence-electron chi connectivity index (χ3n) is 2.96. The molecule has 110 valence electrons. The molecular weight excluding hydrogens is 256 g/mol. The normalized spacial score (nSPS) is 9.95. The van der Waals surface area contributed by atoms with Crippen molar-refractivity contribution in [3.63, 3.8) is 0 Å². The van der Waals surface area contributed by atoms with Crippen molar-refractivity contribution in [2.45, 2.75) is 27.2 Å². The number of carbonyl (C=O) groups is 2. The molecule has 1 aromatic carbocycles. The van der Waals surface area contributed by atoms with Crippen LogP contribution >= 0.6 is 0 Å². The minimum absolute atomic E-state index is 0.0101. The van der Waals surface area contributed by atoms with Crippen LogP contribution in [0.25, 0.3) is 0 Å². The Kier molecular flexibility index (Phi) is 6.56. The Morgan fingerprint density at radius 2 is 1.90 bits per heavy atom. The summed E-state index contributed by atoms with van der Waals surface area (Å²) < 4.78 is 5.58. The summed E-state index contributed by atoms with van der Waals surface area (Å²) in [7, 11) is 0. The van der Waals surface area contributed by atoms with Crippen molar-refractivity contribution >= 4 is 11.8 Å². The van der Waals surface area contributed by atoms with Crippen molar-refractivity contribution < 1.29 is 14.3 Å². The third-order valence-corrected chi connectivity index (χ3v) is 2.96. The lowest BCUT2D eigenvalue weighted by molar-refractivity contribution is -0.126. The monoisotopic (exact) mass is 278 g/mol. The predicted molar refractivity (Wildman–Crippen MR) is 77.7 cm³/mol. The van der Waals surface area contributed by atoms with Crippen molar-refractivity contribution in [3.8, 4) is 5.75 Å². The molecule has 2 N–H and O–H groups in total. The van der Waals surface area contributed by atoms with Crippen LogP contribution in [0.15, 0.2) is 18.2 Å². The van der Waals surface area contributed by atoms with Gasteiger partial charge in [-0.15, -0.1) is 0 Å². The zero-order valence-electron chi connectivity index (χ0n) is 12.3. The van der Waals surface area contributed by atoms with Gasteiger partial charge in [0.15, 0.2) is 0 Å². The first-order valence-electron chi connectivity index (χ1n) is 6.77. The van der Waals surface area contributed by atoms with Crippen LogP contribution in [0.1, 0.15) is 24.5 Å².